The Hall–Kier alpha value is -0.410. The standard InChI is InChI=1S/C10H8Br2O/c1-7(2-3-13)8-4-9(11)6-10(12)5-8/h2-6H,1H3/b7-2-. The van der Waals surface area contributed by atoms with Crippen molar-refractivity contribution in [2.45, 2.75) is 6.92 Å². The largest absolute Gasteiger partial charge is 0.299 e. The highest BCUT2D eigenvalue weighted by Gasteiger charge is 1.98. The molecule has 0 atom stereocenters. The summed E-state index contributed by atoms with van der Waals surface area (Å²) >= 11 is 6.77. The second-order valence-corrected chi connectivity index (χ2v) is 4.48. The Morgan fingerprint density at radius 1 is 1.23 bits per heavy atom. The van der Waals surface area contributed by atoms with Crippen LogP contribution in [-0.4, -0.2) is 6.29 Å². The number of carbonyl (C=O) groups is 1. The summed E-state index contributed by atoms with van der Waals surface area (Å²) in [4.78, 5) is 10.3. The second-order valence-electron chi connectivity index (χ2n) is 2.64. The molecular weight excluding hydrogens is 296 g/mol. The van der Waals surface area contributed by atoms with Crippen LogP contribution < -0.4 is 0 Å². The van der Waals surface area contributed by atoms with Crippen LogP contribution in [0.15, 0.2) is 33.2 Å². The zero-order valence-electron chi connectivity index (χ0n) is 7.05. The fourth-order valence-electron chi connectivity index (χ4n) is 0.980. The first kappa shape index (κ1) is 10.7. The fourth-order valence-corrected chi connectivity index (χ4v) is 2.27. The molecule has 13 heavy (non-hydrogen) atoms. The predicted octanol–water partition coefficient (Wildman–Crippen LogP) is 3.81. The maximum absolute atomic E-state index is 10.3. The van der Waals surface area contributed by atoms with Gasteiger partial charge in [0.25, 0.3) is 0 Å². The minimum Gasteiger partial charge on any atom is -0.299 e. The van der Waals surface area contributed by atoms with Gasteiger partial charge in [-0.05, 0) is 42.3 Å². The van der Waals surface area contributed by atoms with Gasteiger partial charge in [0.15, 0.2) is 0 Å². The molecule has 0 aliphatic heterocycles. The van der Waals surface area contributed by atoms with Gasteiger partial charge in [0, 0.05) is 8.95 Å². The van der Waals surface area contributed by atoms with E-state index in [4.69, 9.17) is 0 Å². The van der Waals surface area contributed by atoms with Crippen LogP contribution >= 0.6 is 31.9 Å². The zero-order chi connectivity index (χ0) is 9.84. The number of aldehydes is 1. The molecular formula is C10H8Br2O. The molecule has 1 nitrogen and oxygen atoms in total. The average molecular weight is 304 g/mol. The first-order valence-corrected chi connectivity index (χ1v) is 5.30. The highest BCUT2D eigenvalue weighted by atomic mass is 79.9. The van der Waals surface area contributed by atoms with Gasteiger partial charge < -0.3 is 0 Å². The molecule has 0 saturated carbocycles. The highest BCUT2D eigenvalue weighted by Crippen LogP contribution is 2.24. The lowest BCUT2D eigenvalue weighted by atomic mass is 10.1. The zero-order valence-corrected chi connectivity index (χ0v) is 10.2. The highest BCUT2D eigenvalue weighted by molar-refractivity contribution is 9.11. The molecule has 1 aromatic rings. The minimum atomic E-state index is 0.796. The van der Waals surface area contributed by atoms with Crippen LogP contribution in [0.3, 0.4) is 0 Å². The van der Waals surface area contributed by atoms with Crippen molar-refractivity contribution >= 4 is 43.7 Å². The van der Waals surface area contributed by atoms with Crippen LogP contribution in [0, 0.1) is 0 Å². The fraction of sp³-hybridized carbons (Fsp3) is 0.100. The molecule has 3 heteroatoms. The summed E-state index contributed by atoms with van der Waals surface area (Å²) in [6.07, 6.45) is 2.35. The summed E-state index contributed by atoms with van der Waals surface area (Å²) in [5.74, 6) is 0. The van der Waals surface area contributed by atoms with Gasteiger partial charge in [-0.1, -0.05) is 31.9 Å². The quantitative estimate of drug-likeness (QED) is 0.600. The van der Waals surface area contributed by atoms with Crippen LogP contribution in [0.25, 0.3) is 5.57 Å². The molecule has 0 aliphatic rings. The molecule has 0 aliphatic carbocycles. The van der Waals surface area contributed by atoms with Crippen LogP contribution in [-0.2, 0) is 4.79 Å². The lowest BCUT2D eigenvalue weighted by Crippen LogP contribution is -1.81. The van der Waals surface area contributed by atoms with Crippen molar-refractivity contribution in [3.8, 4) is 0 Å². The van der Waals surface area contributed by atoms with Crippen LogP contribution in [0.1, 0.15) is 12.5 Å². The van der Waals surface area contributed by atoms with Crippen molar-refractivity contribution in [2.75, 3.05) is 0 Å². The van der Waals surface area contributed by atoms with Gasteiger partial charge in [-0.2, -0.15) is 0 Å². The van der Waals surface area contributed by atoms with E-state index in [1.54, 1.807) is 6.08 Å². The Balaban J connectivity index is 3.15. The van der Waals surface area contributed by atoms with Crippen molar-refractivity contribution in [1.29, 1.82) is 0 Å². The molecule has 1 aromatic carbocycles. The third-order valence-corrected chi connectivity index (χ3v) is 2.55. The lowest BCUT2D eigenvalue weighted by Gasteiger charge is -2.02. The summed E-state index contributed by atoms with van der Waals surface area (Å²) in [6, 6.07) is 5.90. The maximum atomic E-state index is 10.3. The van der Waals surface area contributed by atoms with E-state index in [1.165, 1.54) is 0 Å². The third-order valence-electron chi connectivity index (χ3n) is 1.64. The topological polar surface area (TPSA) is 17.1 Å². The Bertz CT molecular complexity index is 336. The molecule has 0 N–H and O–H groups in total. The molecule has 0 saturated heterocycles. The maximum Gasteiger partial charge on any atom is 0.143 e. The molecule has 0 aromatic heterocycles. The number of rotatable bonds is 2. The van der Waals surface area contributed by atoms with E-state index < -0.39 is 0 Å². The van der Waals surface area contributed by atoms with Crippen LogP contribution in [0.5, 0.6) is 0 Å². The van der Waals surface area contributed by atoms with Crippen molar-refractivity contribution in [2.24, 2.45) is 0 Å². The summed E-state index contributed by atoms with van der Waals surface area (Å²) in [5, 5.41) is 0. The van der Waals surface area contributed by atoms with E-state index in [0.717, 1.165) is 26.4 Å². The van der Waals surface area contributed by atoms with Gasteiger partial charge in [-0.3, -0.25) is 4.79 Å². The lowest BCUT2D eigenvalue weighted by molar-refractivity contribution is -0.104. The van der Waals surface area contributed by atoms with Gasteiger partial charge in [0.05, 0.1) is 0 Å². The van der Waals surface area contributed by atoms with E-state index in [-0.39, 0.29) is 0 Å². The SMILES string of the molecule is C/C(=C/C=O)c1cc(Br)cc(Br)c1. The summed E-state index contributed by atoms with van der Waals surface area (Å²) < 4.78 is 1.99. The Morgan fingerprint density at radius 2 is 1.77 bits per heavy atom. The number of allylic oxidation sites excluding steroid dienone is 2. The van der Waals surface area contributed by atoms with Crippen LogP contribution in [0.4, 0.5) is 0 Å². The smallest absolute Gasteiger partial charge is 0.143 e. The van der Waals surface area contributed by atoms with Gasteiger partial charge in [0.2, 0.25) is 0 Å². The Kier molecular flexibility index (Phi) is 3.88. The van der Waals surface area contributed by atoms with Gasteiger partial charge >= 0.3 is 0 Å². The van der Waals surface area contributed by atoms with Gasteiger partial charge in [0.1, 0.15) is 6.29 Å². The minimum absolute atomic E-state index is 0.796. The van der Waals surface area contributed by atoms with E-state index in [2.05, 4.69) is 31.9 Å². The molecule has 0 fully saturated rings. The molecule has 1 rings (SSSR count). The number of hydrogen-bond acceptors (Lipinski definition) is 1. The molecule has 68 valence electrons. The molecule has 0 heterocycles. The number of hydrogen-bond donors (Lipinski definition) is 0. The summed E-state index contributed by atoms with van der Waals surface area (Å²) in [5.41, 5.74) is 1.99. The molecule has 0 spiro atoms. The van der Waals surface area contributed by atoms with Crippen molar-refractivity contribution < 1.29 is 4.79 Å². The molecule has 0 radical (unpaired) electrons. The molecule has 0 unspecified atom stereocenters. The number of halogens is 2. The summed E-state index contributed by atoms with van der Waals surface area (Å²) in [7, 11) is 0. The van der Waals surface area contributed by atoms with E-state index in [1.807, 2.05) is 25.1 Å². The molecule has 0 amide bonds. The normalized spacial score (nSPS) is 11.5. The number of carbonyl (C=O) groups excluding carboxylic acids is 1. The first-order chi connectivity index (χ1) is 6.13. The predicted molar refractivity (Wildman–Crippen MR) is 61.6 cm³/mol. The monoisotopic (exact) mass is 302 g/mol. The van der Waals surface area contributed by atoms with E-state index in [0.29, 0.717) is 0 Å². The summed E-state index contributed by atoms with van der Waals surface area (Å²) in [6.45, 7) is 1.91. The Morgan fingerprint density at radius 3 is 2.23 bits per heavy atom. The van der Waals surface area contributed by atoms with Crippen molar-refractivity contribution in [3.05, 3.63) is 38.8 Å². The van der Waals surface area contributed by atoms with Crippen molar-refractivity contribution in [3.63, 3.8) is 0 Å². The van der Waals surface area contributed by atoms with Crippen molar-refractivity contribution in [1.82, 2.24) is 0 Å². The molecule has 0 bridgehead atoms. The Labute approximate surface area is 94.1 Å². The second kappa shape index (κ2) is 4.72. The third kappa shape index (κ3) is 3.08. The van der Waals surface area contributed by atoms with Crippen LogP contribution in [0.2, 0.25) is 0 Å². The van der Waals surface area contributed by atoms with E-state index in [9.17, 15) is 4.79 Å². The number of benzene rings is 1. The van der Waals surface area contributed by atoms with E-state index >= 15 is 0 Å². The van der Waals surface area contributed by atoms with Gasteiger partial charge in [-0.15, -0.1) is 0 Å². The van der Waals surface area contributed by atoms with Gasteiger partial charge in [-0.25, -0.2) is 0 Å². The average Bonchev–Trinajstić information content (AvgIpc) is 2.03. The first-order valence-electron chi connectivity index (χ1n) is 3.72.